The number of para-hydroxylation sites is 1. The van der Waals surface area contributed by atoms with Gasteiger partial charge in [0.15, 0.2) is 0 Å². The minimum Gasteiger partial charge on any atom is -0.496 e. The molecule has 2 N–H and O–H groups in total. The summed E-state index contributed by atoms with van der Waals surface area (Å²) in [4.78, 5) is 18.4. The van der Waals surface area contributed by atoms with E-state index in [1.165, 1.54) is 0 Å². The van der Waals surface area contributed by atoms with Crippen molar-refractivity contribution in [3.05, 3.63) is 59.4 Å². The molecule has 2 rings (SSSR count). The highest BCUT2D eigenvalue weighted by molar-refractivity contribution is 5.74. The number of ether oxygens (including phenoxy) is 1. The predicted molar refractivity (Wildman–Crippen MR) is 96.6 cm³/mol. The minimum absolute atomic E-state index is 0.0953. The van der Waals surface area contributed by atoms with Gasteiger partial charge in [-0.1, -0.05) is 24.3 Å². The lowest BCUT2D eigenvalue weighted by molar-refractivity contribution is 0.173. The first kappa shape index (κ1) is 18.7. The van der Waals surface area contributed by atoms with E-state index >= 15 is 0 Å². The van der Waals surface area contributed by atoms with Crippen molar-refractivity contribution < 1.29 is 14.6 Å². The number of methoxy groups -OCH3 is 1. The van der Waals surface area contributed by atoms with E-state index in [1.54, 1.807) is 18.2 Å². The van der Waals surface area contributed by atoms with Crippen molar-refractivity contribution in [3.8, 4) is 5.75 Å². The van der Waals surface area contributed by atoms with Crippen molar-refractivity contribution >= 4 is 6.03 Å². The molecule has 0 fully saturated rings. The summed E-state index contributed by atoms with van der Waals surface area (Å²) in [5.41, 5.74) is 2.98. The summed E-state index contributed by atoms with van der Waals surface area (Å²) in [6, 6.07) is 11.2. The Balaban J connectivity index is 1.94. The lowest BCUT2D eigenvalue weighted by atomic mass is 10.1. The van der Waals surface area contributed by atoms with Gasteiger partial charge in [0.05, 0.1) is 20.3 Å². The Bertz CT molecular complexity index is 691. The van der Waals surface area contributed by atoms with Gasteiger partial charge in [-0.25, -0.2) is 4.79 Å². The lowest BCUT2D eigenvalue weighted by Gasteiger charge is -2.23. The molecule has 25 heavy (non-hydrogen) atoms. The quantitative estimate of drug-likeness (QED) is 0.770. The molecule has 0 radical (unpaired) electrons. The monoisotopic (exact) mass is 343 g/mol. The van der Waals surface area contributed by atoms with Crippen LogP contribution in [0.25, 0.3) is 0 Å². The fourth-order valence-corrected chi connectivity index (χ4v) is 2.59. The number of hydrogen-bond donors (Lipinski definition) is 2. The standard InChI is InChI=1S/C19H25N3O3/c1-15-6-5-10-20-17(15)9-11-21-19(24)22(12-13-23)14-16-7-3-4-8-18(16)25-2/h3-8,10,23H,9,11-14H2,1-2H3,(H,21,24). The summed E-state index contributed by atoms with van der Waals surface area (Å²) in [5.74, 6) is 0.724. The maximum absolute atomic E-state index is 12.5. The molecule has 134 valence electrons. The number of carbonyl (C=O) groups excluding carboxylic acids is 1. The van der Waals surface area contributed by atoms with Gasteiger partial charge in [0, 0.05) is 37.0 Å². The number of aryl methyl sites for hydroxylation is 1. The molecule has 0 bridgehead atoms. The van der Waals surface area contributed by atoms with E-state index < -0.39 is 0 Å². The van der Waals surface area contributed by atoms with E-state index in [-0.39, 0.29) is 19.2 Å². The number of hydrogen-bond acceptors (Lipinski definition) is 4. The smallest absolute Gasteiger partial charge is 0.317 e. The Morgan fingerprint density at radius 3 is 2.80 bits per heavy atom. The summed E-state index contributed by atoms with van der Waals surface area (Å²) in [6.07, 6.45) is 2.42. The highest BCUT2D eigenvalue weighted by Gasteiger charge is 2.15. The Morgan fingerprint density at radius 1 is 1.28 bits per heavy atom. The fraction of sp³-hybridized carbons (Fsp3) is 0.368. The molecule has 0 saturated heterocycles. The van der Waals surface area contributed by atoms with Crippen LogP contribution in [-0.2, 0) is 13.0 Å². The second kappa shape index (κ2) is 9.64. The second-order valence-corrected chi connectivity index (χ2v) is 5.71. The van der Waals surface area contributed by atoms with Crippen LogP contribution in [0.4, 0.5) is 4.79 Å². The van der Waals surface area contributed by atoms with Crippen LogP contribution in [0.3, 0.4) is 0 Å². The summed E-state index contributed by atoms with van der Waals surface area (Å²) in [5, 5.41) is 12.2. The van der Waals surface area contributed by atoms with Crippen LogP contribution in [0.2, 0.25) is 0 Å². The first-order valence-electron chi connectivity index (χ1n) is 8.31. The van der Waals surface area contributed by atoms with Crippen LogP contribution in [0.15, 0.2) is 42.6 Å². The number of urea groups is 1. The van der Waals surface area contributed by atoms with Crippen LogP contribution in [0, 0.1) is 6.92 Å². The number of rotatable bonds is 8. The van der Waals surface area contributed by atoms with Gasteiger partial charge in [-0.05, 0) is 24.6 Å². The third kappa shape index (κ3) is 5.46. The van der Waals surface area contributed by atoms with Gasteiger partial charge >= 0.3 is 6.03 Å². The van der Waals surface area contributed by atoms with Crippen molar-refractivity contribution in [1.82, 2.24) is 15.2 Å². The van der Waals surface area contributed by atoms with Crippen molar-refractivity contribution in [2.45, 2.75) is 19.9 Å². The van der Waals surface area contributed by atoms with E-state index in [0.29, 0.717) is 19.5 Å². The Morgan fingerprint density at radius 2 is 2.08 bits per heavy atom. The first-order chi connectivity index (χ1) is 12.2. The average molecular weight is 343 g/mol. The van der Waals surface area contributed by atoms with Gasteiger partial charge in [-0.15, -0.1) is 0 Å². The zero-order valence-corrected chi connectivity index (χ0v) is 14.7. The molecule has 2 amide bonds. The molecule has 0 aliphatic heterocycles. The molecule has 1 heterocycles. The first-order valence-corrected chi connectivity index (χ1v) is 8.31. The summed E-state index contributed by atoms with van der Waals surface area (Å²) >= 11 is 0. The maximum Gasteiger partial charge on any atom is 0.317 e. The third-order valence-corrected chi connectivity index (χ3v) is 3.97. The third-order valence-electron chi connectivity index (χ3n) is 3.97. The Kier molecular flexibility index (Phi) is 7.22. The van der Waals surface area contributed by atoms with Crippen LogP contribution in [0.1, 0.15) is 16.8 Å². The largest absolute Gasteiger partial charge is 0.496 e. The molecule has 0 saturated carbocycles. The van der Waals surface area contributed by atoms with Gasteiger partial charge in [0.2, 0.25) is 0 Å². The number of pyridine rings is 1. The summed E-state index contributed by atoms with van der Waals surface area (Å²) < 4.78 is 5.33. The maximum atomic E-state index is 12.5. The van der Waals surface area contributed by atoms with Crippen molar-refractivity contribution in [2.75, 3.05) is 26.8 Å². The van der Waals surface area contributed by atoms with Gasteiger partial charge < -0.3 is 20.1 Å². The molecule has 1 aromatic carbocycles. The van der Waals surface area contributed by atoms with Crippen LogP contribution in [-0.4, -0.2) is 47.8 Å². The van der Waals surface area contributed by atoms with Crippen LogP contribution < -0.4 is 10.1 Å². The number of benzene rings is 1. The molecule has 0 atom stereocenters. The second-order valence-electron chi connectivity index (χ2n) is 5.71. The average Bonchev–Trinajstić information content (AvgIpc) is 2.63. The molecule has 1 aromatic heterocycles. The molecule has 6 nitrogen and oxygen atoms in total. The van der Waals surface area contributed by atoms with Crippen molar-refractivity contribution in [1.29, 1.82) is 0 Å². The lowest BCUT2D eigenvalue weighted by Crippen LogP contribution is -2.41. The Labute approximate surface area is 148 Å². The molecule has 0 spiro atoms. The molecule has 0 aliphatic rings. The summed E-state index contributed by atoms with van der Waals surface area (Å²) in [7, 11) is 1.60. The molecule has 0 aliphatic carbocycles. The van der Waals surface area contributed by atoms with Crippen molar-refractivity contribution in [3.63, 3.8) is 0 Å². The normalized spacial score (nSPS) is 10.4. The van der Waals surface area contributed by atoms with Crippen LogP contribution >= 0.6 is 0 Å². The number of nitrogens with zero attached hydrogens (tertiary/aromatic N) is 2. The number of aliphatic hydroxyl groups is 1. The molecule has 2 aromatic rings. The van der Waals surface area contributed by atoms with E-state index in [2.05, 4.69) is 10.3 Å². The van der Waals surface area contributed by atoms with Gasteiger partial charge in [-0.3, -0.25) is 4.98 Å². The van der Waals surface area contributed by atoms with Gasteiger partial charge in [-0.2, -0.15) is 0 Å². The molecule has 6 heteroatoms. The predicted octanol–water partition coefficient (Wildman–Crippen LogP) is 2.15. The van der Waals surface area contributed by atoms with Gasteiger partial charge in [0.25, 0.3) is 0 Å². The van der Waals surface area contributed by atoms with E-state index in [1.807, 2.05) is 43.3 Å². The number of carbonyl (C=O) groups is 1. The van der Waals surface area contributed by atoms with Gasteiger partial charge in [0.1, 0.15) is 5.75 Å². The van der Waals surface area contributed by atoms with E-state index in [0.717, 1.165) is 22.6 Å². The van der Waals surface area contributed by atoms with E-state index in [4.69, 9.17) is 4.74 Å². The summed E-state index contributed by atoms with van der Waals surface area (Å²) in [6.45, 7) is 3.03. The molecule has 0 unspecified atom stereocenters. The SMILES string of the molecule is COc1ccccc1CN(CCO)C(=O)NCCc1ncccc1C. The highest BCUT2D eigenvalue weighted by Crippen LogP contribution is 2.19. The minimum atomic E-state index is -0.214. The number of nitrogens with one attached hydrogen (secondary N) is 1. The number of aromatic nitrogens is 1. The molecular weight excluding hydrogens is 318 g/mol. The zero-order chi connectivity index (χ0) is 18.1. The van der Waals surface area contributed by atoms with E-state index in [9.17, 15) is 9.90 Å². The molecular formula is C19H25N3O3. The van der Waals surface area contributed by atoms with Crippen molar-refractivity contribution in [2.24, 2.45) is 0 Å². The fourth-order valence-electron chi connectivity index (χ4n) is 2.59. The van der Waals surface area contributed by atoms with Crippen LogP contribution in [0.5, 0.6) is 5.75 Å². The topological polar surface area (TPSA) is 74.7 Å². The number of amides is 2. The Hall–Kier alpha value is -2.60. The number of aliphatic hydroxyl groups excluding tert-OH is 1. The highest BCUT2D eigenvalue weighted by atomic mass is 16.5. The zero-order valence-electron chi connectivity index (χ0n) is 14.7.